The van der Waals surface area contributed by atoms with Crippen molar-refractivity contribution in [3.63, 3.8) is 0 Å². The molecule has 1 heterocycles. The SMILES string of the molecule is CCOc1ccc(Nc2cc(NCc3ccccc3OC)nc(C)n2)cc1. The maximum atomic E-state index is 5.47. The summed E-state index contributed by atoms with van der Waals surface area (Å²) >= 11 is 0. The molecule has 0 bridgehead atoms. The molecule has 2 N–H and O–H groups in total. The summed E-state index contributed by atoms with van der Waals surface area (Å²) in [5.41, 5.74) is 2.00. The van der Waals surface area contributed by atoms with Crippen LogP contribution in [-0.2, 0) is 6.54 Å². The summed E-state index contributed by atoms with van der Waals surface area (Å²) in [4.78, 5) is 8.92. The number of para-hydroxylation sites is 1. The van der Waals surface area contributed by atoms with Crippen molar-refractivity contribution >= 4 is 17.3 Å². The molecule has 1 aromatic heterocycles. The first-order chi connectivity index (χ1) is 13.2. The van der Waals surface area contributed by atoms with Crippen molar-refractivity contribution in [2.45, 2.75) is 20.4 Å². The molecule has 6 heteroatoms. The van der Waals surface area contributed by atoms with Gasteiger partial charge in [0.1, 0.15) is 29.0 Å². The first-order valence-corrected chi connectivity index (χ1v) is 8.89. The number of anilines is 3. The number of benzene rings is 2. The van der Waals surface area contributed by atoms with Gasteiger partial charge in [-0.05, 0) is 44.2 Å². The molecule has 2 aromatic carbocycles. The Hall–Kier alpha value is -3.28. The average molecular weight is 364 g/mol. The molecule has 0 saturated heterocycles. The van der Waals surface area contributed by atoms with E-state index in [1.807, 2.05) is 68.4 Å². The lowest BCUT2D eigenvalue weighted by molar-refractivity contribution is 0.340. The zero-order chi connectivity index (χ0) is 19.1. The molecule has 27 heavy (non-hydrogen) atoms. The average Bonchev–Trinajstić information content (AvgIpc) is 2.68. The highest BCUT2D eigenvalue weighted by molar-refractivity contribution is 5.60. The van der Waals surface area contributed by atoms with Crippen LogP contribution in [0.5, 0.6) is 11.5 Å². The van der Waals surface area contributed by atoms with Crippen LogP contribution in [0.3, 0.4) is 0 Å². The maximum absolute atomic E-state index is 5.47. The molecular formula is C21H24N4O2. The quantitative estimate of drug-likeness (QED) is 0.611. The first kappa shape index (κ1) is 18.5. The highest BCUT2D eigenvalue weighted by Crippen LogP contribution is 2.22. The summed E-state index contributed by atoms with van der Waals surface area (Å²) in [6, 6.07) is 17.6. The van der Waals surface area contributed by atoms with Crippen molar-refractivity contribution in [3.8, 4) is 11.5 Å². The van der Waals surface area contributed by atoms with Gasteiger partial charge in [-0.1, -0.05) is 18.2 Å². The van der Waals surface area contributed by atoms with Crippen LogP contribution in [0.4, 0.5) is 17.3 Å². The molecule has 0 saturated carbocycles. The van der Waals surface area contributed by atoms with Gasteiger partial charge in [0.25, 0.3) is 0 Å². The molecule has 6 nitrogen and oxygen atoms in total. The molecule has 140 valence electrons. The van der Waals surface area contributed by atoms with Crippen molar-refractivity contribution in [2.24, 2.45) is 0 Å². The van der Waals surface area contributed by atoms with E-state index in [-0.39, 0.29) is 0 Å². The van der Waals surface area contributed by atoms with Gasteiger partial charge in [0.2, 0.25) is 0 Å². The second kappa shape index (κ2) is 8.89. The van der Waals surface area contributed by atoms with Gasteiger partial charge in [0, 0.05) is 23.9 Å². The first-order valence-electron chi connectivity index (χ1n) is 8.89. The molecule has 0 unspecified atom stereocenters. The number of aryl methyl sites for hydroxylation is 1. The van der Waals surface area contributed by atoms with Crippen LogP contribution in [0.2, 0.25) is 0 Å². The number of rotatable bonds is 8. The van der Waals surface area contributed by atoms with Crippen LogP contribution in [0, 0.1) is 6.92 Å². The van der Waals surface area contributed by atoms with E-state index in [1.165, 1.54) is 0 Å². The molecule has 0 aliphatic rings. The predicted octanol–water partition coefficient (Wildman–Crippen LogP) is 4.55. The predicted molar refractivity (Wildman–Crippen MR) is 108 cm³/mol. The Morgan fingerprint density at radius 1 is 0.963 bits per heavy atom. The fraction of sp³-hybridized carbons (Fsp3) is 0.238. The number of nitrogens with zero attached hydrogens (tertiary/aromatic N) is 2. The lowest BCUT2D eigenvalue weighted by Gasteiger charge is -2.12. The largest absolute Gasteiger partial charge is 0.496 e. The van der Waals surface area contributed by atoms with E-state index in [9.17, 15) is 0 Å². The van der Waals surface area contributed by atoms with Crippen molar-refractivity contribution in [1.29, 1.82) is 0 Å². The third-order valence-corrected chi connectivity index (χ3v) is 3.93. The van der Waals surface area contributed by atoms with Crippen LogP contribution in [0.15, 0.2) is 54.6 Å². The van der Waals surface area contributed by atoms with Gasteiger partial charge in [0.15, 0.2) is 0 Å². The molecule has 0 aliphatic carbocycles. The van der Waals surface area contributed by atoms with Crippen molar-refractivity contribution < 1.29 is 9.47 Å². The van der Waals surface area contributed by atoms with Crippen LogP contribution in [-0.4, -0.2) is 23.7 Å². The van der Waals surface area contributed by atoms with E-state index in [2.05, 4.69) is 20.6 Å². The fourth-order valence-corrected chi connectivity index (χ4v) is 2.71. The summed E-state index contributed by atoms with van der Waals surface area (Å²) in [6.07, 6.45) is 0. The Balaban J connectivity index is 1.70. The lowest BCUT2D eigenvalue weighted by atomic mass is 10.2. The van der Waals surface area contributed by atoms with Crippen molar-refractivity contribution in [3.05, 3.63) is 66.0 Å². The molecule has 0 fully saturated rings. The number of hydrogen-bond donors (Lipinski definition) is 2. The normalized spacial score (nSPS) is 10.3. The van der Waals surface area contributed by atoms with Gasteiger partial charge >= 0.3 is 0 Å². The molecule has 3 rings (SSSR count). The second-order valence-electron chi connectivity index (χ2n) is 5.93. The molecular weight excluding hydrogens is 340 g/mol. The van der Waals surface area contributed by atoms with Crippen molar-refractivity contribution in [1.82, 2.24) is 9.97 Å². The number of hydrogen-bond acceptors (Lipinski definition) is 6. The molecule has 3 aromatic rings. The Bertz CT molecular complexity index is 882. The minimum Gasteiger partial charge on any atom is -0.496 e. The van der Waals surface area contributed by atoms with E-state index < -0.39 is 0 Å². The second-order valence-corrected chi connectivity index (χ2v) is 5.93. The van der Waals surface area contributed by atoms with E-state index in [1.54, 1.807) is 7.11 Å². The van der Waals surface area contributed by atoms with Gasteiger partial charge in [0.05, 0.1) is 13.7 Å². The molecule has 0 spiro atoms. The van der Waals surface area contributed by atoms with E-state index in [0.29, 0.717) is 19.0 Å². The third kappa shape index (κ3) is 5.10. The smallest absolute Gasteiger partial charge is 0.136 e. The van der Waals surface area contributed by atoms with Gasteiger partial charge in [-0.15, -0.1) is 0 Å². The summed E-state index contributed by atoms with van der Waals surface area (Å²) in [6.45, 7) is 5.11. The molecule has 0 radical (unpaired) electrons. The number of ether oxygens (including phenoxy) is 2. The summed E-state index contributed by atoms with van der Waals surface area (Å²) in [5.74, 6) is 3.87. The Kier molecular flexibility index (Phi) is 6.10. The lowest BCUT2D eigenvalue weighted by Crippen LogP contribution is -2.06. The number of aromatic nitrogens is 2. The van der Waals surface area contributed by atoms with Crippen LogP contribution < -0.4 is 20.1 Å². The minimum atomic E-state index is 0.614. The van der Waals surface area contributed by atoms with Gasteiger partial charge < -0.3 is 20.1 Å². The Labute approximate surface area is 159 Å². The third-order valence-electron chi connectivity index (χ3n) is 3.93. The van der Waals surface area contributed by atoms with Crippen molar-refractivity contribution in [2.75, 3.05) is 24.4 Å². The topological polar surface area (TPSA) is 68.3 Å². The Morgan fingerprint density at radius 2 is 1.70 bits per heavy atom. The van der Waals surface area contributed by atoms with E-state index >= 15 is 0 Å². The minimum absolute atomic E-state index is 0.614. The summed E-state index contributed by atoms with van der Waals surface area (Å²) < 4.78 is 10.9. The monoisotopic (exact) mass is 364 g/mol. The maximum Gasteiger partial charge on any atom is 0.136 e. The highest BCUT2D eigenvalue weighted by atomic mass is 16.5. The fourth-order valence-electron chi connectivity index (χ4n) is 2.71. The van der Waals surface area contributed by atoms with Gasteiger partial charge in [-0.3, -0.25) is 0 Å². The standard InChI is InChI=1S/C21H24N4O2/c1-4-27-18-11-9-17(10-12-18)25-21-13-20(23-15(2)24-21)22-14-16-7-5-6-8-19(16)26-3/h5-13H,4,14H2,1-3H3,(H2,22,23,24,25). The molecule has 0 aliphatic heterocycles. The number of methoxy groups -OCH3 is 1. The Morgan fingerprint density at radius 3 is 2.44 bits per heavy atom. The summed E-state index contributed by atoms with van der Waals surface area (Å²) in [7, 11) is 1.67. The van der Waals surface area contributed by atoms with Gasteiger partial charge in [-0.25, -0.2) is 9.97 Å². The van der Waals surface area contributed by atoms with Crippen LogP contribution in [0.1, 0.15) is 18.3 Å². The zero-order valence-corrected chi connectivity index (χ0v) is 15.8. The van der Waals surface area contributed by atoms with Gasteiger partial charge in [-0.2, -0.15) is 0 Å². The zero-order valence-electron chi connectivity index (χ0n) is 15.8. The summed E-state index contributed by atoms with van der Waals surface area (Å²) in [5, 5.41) is 6.64. The molecule has 0 atom stereocenters. The van der Waals surface area contributed by atoms with E-state index in [4.69, 9.17) is 9.47 Å². The van der Waals surface area contributed by atoms with E-state index in [0.717, 1.165) is 34.4 Å². The van der Waals surface area contributed by atoms with Crippen LogP contribution in [0.25, 0.3) is 0 Å². The number of nitrogens with one attached hydrogen (secondary N) is 2. The highest BCUT2D eigenvalue weighted by Gasteiger charge is 2.05. The molecule has 0 amide bonds. The van der Waals surface area contributed by atoms with Crippen LogP contribution >= 0.6 is 0 Å².